The van der Waals surface area contributed by atoms with Gasteiger partial charge in [0, 0.05) is 22.8 Å². The molecule has 0 aliphatic rings. The summed E-state index contributed by atoms with van der Waals surface area (Å²) in [5.41, 5.74) is 4.25. The monoisotopic (exact) mass is 451 g/mol. The lowest BCUT2D eigenvalue weighted by Crippen LogP contribution is -2.11. The molecule has 0 aliphatic carbocycles. The van der Waals surface area contributed by atoms with Crippen LogP contribution in [0.1, 0.15) is 31.9 Å². The number of carbonyl (C=O) groups is 1. The zero-order valence-electron chi connectivity index (χ0n) is 17.3. The first kappa shape index (κ1) is 21.2. The van der Waals surface area contributed by atoms with E-state index in [1.165, 1.54) is 11.3 Å². The van der Waals surface area contributed by atoms with Crippen LogP contribution in [0.3, 0.4) is 0 Å². The SMILES string of the molecule is Cc1cc(C)cc(OCc2csc(C(=O)Nc3ccn(Cc4ccccc4Cl)n3)c2)c1. The Morgan fingerprint density at radius 2 is 1.90 bits per heavy atom. The van der Waals surface area contributed by atoms with Crippen molar-refractivity contribution in [2.45, 2.75) is 27.0 Å². The Kier molecular flexibility index (Phi) is 6.39. The molecule has 7 heteroatoms. The standard InChI is InChI=1S/C24H22ClN3O2S/c1-16-9-17(2)11-20(10-16)30-14-18-12-22(31-15-18)24(29)26-23-7-8-28(27-23)13-19-5-3-4-6-21(19)25/h3-12,15H,13-14H2,1-2H3,(H,26,27,29). The lowest BCUT2D eigenvalue weighted by atomic mass is 10.1. The van der Waals surface area contributed by atoms with E-state index in [0.717, 1.165) is 28.0 Å². The third-order valence-corrected chi connectivity index (χ3v) is 6.00. The molecular formula is C24H22ClN3O2S. The Bertz CT molecular complexity index is 1190. The molecule has 158 valence electrons. The van der Waals surface area contributed by atoms with E-state index in [4.69, 9.17) is 16.3 Å². The normalized spacial score (nSPS) is 10.8. The summed E-state index contributed by atoms with van der Waals surface area (Å²) in [6.45, 7) is 5.04. The van der Waals surface area contributed by atoms with E-state index in [2.05, 4.69) is 16.5 Å². The van der Waals surface area contributed by atoms with Crippen molar-refractivity contribution in [2.75, 3.05) is 5.32 Å². The van der Waals surface area contributed by atoms with Gasteiger partial charge in [0.15, 0.2) is 5.82 Å². The number of ether oxygens (including phenoxy) is 1. The Labute approximate surface area is 190 Å². The molecule has 4 aromatic rings. The van der Waals surface area contributed by atoms with Crippen LogP contribution in [0.2, 0.25) is 5.02 Å². The van der Waals surface area contributed by atoms with E-state index in [0.29, 0.717) is 28.9 Å². The van der Waals surface area contributed by atoms with E-state index >= 15 is 0 Å². The van der Waals surface area contributed by atoms with Gasteiger partial charge in [-0.2, -0.15) is 5.10 Å². The number of thiophene rings is 1. The van der Waals surface area contributed by atoms with Gasteiger partial charge in [0.2, 0.25) is 0 Å². The van der Waals surface area contributed by atoms with Gasteiger partial charge in [-0.05, 0) is 60.2 Å². The van der Waals surface area contributed by atoms with Crippen LogP contribution in [-0.2, 0) is 13.2 Å². The van der Waals surface area contributed by atoms with E-state index in [9.17, 15) is 4.79 Å². The summed E-state index contributed by atoms with van der Waals surface area (Å²) in [6.07, 6.45) is 1.82. The number of hydrogen-bond donors (Lipinski definition) is 1. The Morgan fingerprint density at radius 3 is 2.68 bits per heavy atom. The van der Waals surface area contributed by atoms with E-state index in [1.54, 1.807) is 10.7 Å². The van der Waals surface area contributed by atoms with Crippen molar-refractivity contribution in [3.8, 4) is 5.75 Å². The number of anilines is 1. The summed E-state index contributed by atoms with van der Waals surface area (Å²) in [5, 5.41) is 9.89. The lowest BCUT2D eigenvalue weighted by molar-refractivity contribution is 0.103. The van der Waals surface area contributed by atoms with Crippen LogP contribution in [-0.4, -0.2) is 15.7 Å². The summed E-state index contributed by atoms with van der Waals surface area (Å²) < 4.78 is 7.63. The van der Waals surface area contributed by atoms with Crippen molar-refractivity contribution in [2.24, 2.45) is 0 Å². The molecule has 2 aromatic heterocycles. The van der Waals surface area contributed by atoms with Crippen LogP contribution in [0, 0.1) is 13.8 Å². The molecule has 0 saturated heterocycles. The predicted molar refractivity (Wildman–Crippen MR) is 125 cm³/mol. The van der Waals surface area contributed by atoms with Crippen LogP contribution in [0.25, 0.3) is 0 Å². The van der Waals surface area contributed by atoms with Gasteiger partial charge in [-0.3, -0.25) is 9.48 Å². The summed E-state index contributed by atoms with van der Waals surface area (Å²) in [7, 11) is 0. The van der Waals surface area contributed by atoms with Crippen molar-refractivity contribution >= 4 is 34.7 Å². The number of halogens is 1. The van der Waals surface area contributed by atoms with Gasteiger partial charge in [0.25, 0.3) is 5.91 Å². The van der Waals surface area contributed by atoms with Crippen LogP contribution in [0.4, 0.5) is 5.82 Å². The highest BCUT2D eigenvalue weighted by Gasteiger charge is 2.12. The molecule has 5 nitrogen and oxygen atoms in total. The van der Waals surface area contributed by atoms with E-state index < -0.39 is 0 Å². The number of carbonyl (C=O) groups excluding carboxylic acids is 1. The van der Waals surface area contributed by atoms with Crippen molar-refractivity contribution in [1.82, 2.24) is 9.78 Å². The molecule has 2 aromatic carbocycles. The molecule has 0 unspecified atom stereocenters. The minimum atomic E-state index is -0.189. The molecule has 0 fully saturated rings. The molecule has 0 radical (unpaired) electrons. The molecule has 1 N–H and O–H groups in total. The average molecular weight is 452 g/mol. The number of aryl methyl sites for hydroxylation is 2. The topological polar surface area (TPSA) is 56.1 Å². The third kappa shape index (κ3) is 5.54. The van der Waals surface area contributed by atoms with Crippen LogP contribution in [0.15, 0.2) is 66.2 Å². The molecule has 2 heterocycles. The Hall–Kier alpha value is -3.09. The number of nitrogens with zero attached hydrogens (tertiary/aromatic N) is 2. The van der Waals surface area contributed by atoms with Gasteiger partial charge in [0.1, 0.15) is 12.4 Å². The molecule has 0 bridgehead atoms. The summed E-state index contributed by atoms with van der Waals surface area (Å²) in [5.74, 6) is 1.14. The quantitative estimate of drug-likeness (QED) is 0.369. The summed E-state index contributed by atoms with van der Waals surface area (Å²) in [4.78, 5) is 13.2. The molecule has 0 atom stereocenters. The van der Waals surface area contributed by atoms with Crippen molar-refractivity contribution in [3.05, 3.63) is 98.3 Å². The molecule has 1 amide bonds. The first-order chi connectivity index (χ1) is 15.0. The number of rotatable bonds is 7. The lowest BCUT2D eigenvalue weighted by Gasteiger charge is -2.07. The van der Waals surface area contributed by atoms with Gasteiger partial charge in [0.05, 0.1) is 11.4 Å². The first-order valence-electron chi connectivity index (χ1n) is 9.83. The number of amides is 1. The summed E-state index contributed by atoms with van der Waals surface area (Å²) >= 11 is 7.59. The second kappa shape index (κ2) is 9.37. The minimum Gasteiger partial charge on any atom is -0.489 e. The second-order valence-corrected chi connectivity index (χ2v) is 8.69. The van der Waals surface area contributed by atoms with E-state index in [1.807, 2.05) is 67.9 Å². The van der Waals surface area contributed by atoms with Gasteiger partial charge >= 0.3 is 0 Å². The summed E-state index contributed by atoms with van der Waals surface area (Å²) in [6, 6.07) is 17.4. The fourth-order valence-electron chi connectivity index (χ4n) is 3.25. The highest BCUT2D eigenvalue weighted by Crippen LogP contribution is 2.21. The van der Waals surface area contributed by atoms with Crippen molar-refractivity contribution < 1.29 is 9.53 Å². The fourth-order valence-corrected chi connectivity index (χ4v) is 4.24. The van der Waals surface area contributed by atoms with Crippen molar-refractivity contribution in [1.29, 1.82) is 0 Å². The average Bonchev–Trinajstić information content (AvgIpc) is 3.37. The van der Waals surface area contributed by atoms with Gasteiger partial charge in [-0.1, -0.05) is 35.9 Å². The van der Waals surface area contributed by atoms with E-state index in [-0.39, 0.29) is 5.91 Å². The Balaban J connectivity index is 1.35. The van der Waals surface area contributed by atoms with Crippen LogP contribution >= 0.6 is 22.9 Å². The van der Waals surface area contributed by atoms with Gasteiger partial charge in [-0.25, -0.2) is 0 Å². The van der Waals surface area contributed by atoms with Crippen LogP contribution in [0.5, 0.6) is 5.75 Å². The largest absolute Gasteiger partial charge is 0.489 e. The minimum absolute atomic E-state index is 0.189. The number of benzene rings is 2. The number of aromatic nitrogens is 2. The molecule has 0 saturated carbocycles. The molecule has 31 heavy (non-hydrogen) atoms. The maximum atomic E-state index is 12.6. The number of hydrogen-bond acceptors (Lipinski definition) is 4. The second-order valence-electron chi connectivity index (χ2n) is 7.38. The third-order valence-electron chi connectivity index (χ3n) is 4.65. The van der Waals surface area contributed by atoms with Gasteiger partial charge < -0.3 is 10.1 Å². The van der Waals surface area contributed by atoms with Gasteiger partial charge in [-0.15, -0.1) is 11.3 Å². The maximum absolute atomic E-state index is 12.6. The highest BCUT2D eigenvalue weighted by molar-refractivity contribution is 7.12. The highest BCUT2D eigenvalue weighted by atomic mass is 35.5. The molecule has 4 rings (SSSR count). The maximum Gasteiger partial charge on any atom is 0.266 e. The predicted octanol–water partition coefficient (Wildman–Crippen LogP) is 6.09. The zero-order chi connectivity index (χ0) is 21.8. The smallest absolute Gasteiger partial charge is 0.266 e. The fraction of sp³-hybridized carbons (Fsp3) is 0.167. The zero-order valence-corrected chi connectivity index (χ0v) is 18.8. The van der Waals surface area contributed by atoms with Crippen LogP contribution < -0.4 is 10.1 Å². The number of nitrogens with one attached hydrogen (secondary N) is 1. The molecular weight excluding hydrogens is 430 g/mol. The Morgan fingerprint density at radius 1 is 1.13 bits per heavy atom. The molecule has 0 aliphatic heterocycles. The first-order valence-corrected chi connectivity index (χ1v) is 11.1. The van der Waals surface area contributed by atoms with Crippen molar-refractivity contribution in [3.63, 3.8) is 0 Å². The molecule has 0 spiro atoms.